The van der Waals surface area contributed by atoms with Gasteiger partial charge in [-0.2, -0.15) is 0 Å². The minimum absolute atomic E-state index is 0.00324. The van der Waals surface area contributed by atoms with Gasteiger partial charge in [-0.1, -0.05) is 37.3 Å². The lowest BCUT2D eigenvalue weighted by Gasteiger charge is -2.25. The summed E-state index contributed by atoms with van der Waals surface area (Å²) in [5.74, 6) is 0.550. The fourth-order valence-electron chi connectivity index (χ4n) is 3.39. The number of carbonyl (C=O) groups is 2. The number of rotatable bonds is 5. The zero-order chi connectivity index (χ0) is 17.6. The Morgan fingerprint density at radius 2 is 1.76 bits per heavy atom. The molecular formula is C20H29N3O2. The first kappa shape index (κ1) is 17.8. The Morgan fingerprint density at radius 1 is 1.08 bits per heavy atom. The lowest BCUT2D eigenvalue weighted by Crippen LogP contribution is -2.47. The van der Waals surface area contributed by atoms with Crippen LogP contribution < -0.4 is 5.32 Å². The fourth-order valence-corrected chi connectivity index (χ4v) is 3.39. The van der Waals surface area contributed by atoms with Crippen molar-refractivity contribution in [2.24, 2.45) is 5.92 Å². The summed E-state index contributed by atoms with van der Waals surface area (Å²) in [5, 5.41) is 3.18. The van der Waals surface area contributed by atoms with Crippen molar-refractivity contribution in [3.8, 4) is 0 Å². The van der Waals surface area contributed by atoms with E-state index >= 15 is 0 Å². The summed E-state index contributed by atoms with van der Waals surface area (Å²) >= 11 is 0. The third-order valence-corrected chi connectivity index (χ3v) is 5.17. The Bertz CT molecular complexity index is 586. The molecule has 1 heterocycles. The van der Waals surface area contributed by atoms with Crippen molar-refractivity contribution in [1.82, 2.24) is 15.1 Å². The topological polar surface area (TPSA) is 52.7 Å². The molecule has 1 aromatic carbocycles. The van der Waals surface area contributed by atoms with E-state index < -0.39 is 0 Å². The van der Waals surface area contributed by atoms with Crippen molar-refractivity contribution in [1.29, 1.82) is 0 Å². The molecule has 0 spiro atoms. The maximum atomic E-state index is 12.6. The van der Waals surface area contributed by atoms with E-state index in [1.54, 1.807) is 0 Å². The molecule has 3 rings (SSSR count). The van der Waals surface area contributed by atoms with Crippen LogP contribution in [-0.4, -0.2) is 54.0 Å². The van der Waals surface area contributed by atoms with E-state index in [0.29, 0.717) is 13.1 Å². The molecule has 1 aromatic rings. The number of amides is 3. The number of hydrogen-bond donors (Lipinski definition) is 1. The lowest BCUT2D eigenvalue weighted by molar-refractivity contribution is -0.132. The average Bonchev–Trinajstić information content (AvgIpc) is 3.47. The molecule has 5 heteroatoms. The van der Waals surface area contributed by atoms with Gasteiger partial charge in [-0.05, 0) is 37.7 Å². The van der Waals surface area contributed by atoms with E-state index in [4.69, 9.17) is 0 Å². The molecule has 1 atom stereocenters. The van der Waals surface area contributed by atoms with Crippen LogP contribution in [0.1, 0.15) is 38.2 Å². The maximum absolute atomic E-state index is 12.6. The SMILES string of the molecule is CCC(Cc1ccccc1)NC(=O)N1CCCN(C(=O)C2CC2)CC1. The number of nitrogens with one attached hydrogen (secondary N) is 1. The van der Waals surface area contributed by atoms with Crippen molar-refractivity contribution in [3.63, 3.8) is 0 Å². The molecule has 2 fully saturated rings. The predicted octanol–water partition coefficient (Wildman–Crippen LogP) is 2.66. The molecule has 1 aliphatic carbocycles. The second kappa shape index (κ2) is 8.37. The van der Waals surface area contributed by atoms with Gasteiger partial charge < -0.3 is 15.1 Å². The molecular weight excluding hydrogens is 314 g/mol. The highest BCUT2D eigenvalue weighted by molar-refractivity contribution is 5.81. The summed E-state index contributed by atoms with van der Waals surface area (Å²) in [6, 6.07) is 10.4. The minimum Gasteiger partial charge on any atom is -0.341 e. The molecule has 1 aliphatic heterocycles. The van der Waals surface area contributed by atoms with Gasteiger partial charge in [-0.25, -0.2) is 4.79 Å². The second-order valence-electron chi connectivity index (χ2n) is 7.18. The Labute approximate surface area is 150 Å². The molecule has 1 saturated heterocycles. The van der Waals surface area contributed by atoms with Crippen LogP contribution in [0.15, 0.2) is 30.3 Å². The van der Waals surface area contributed by atoms with Gasteiger partial charge in [-0.3, -0.25) is 4.79 Å². The summed E-state index contributed by atoms with van der Waals surface area (Å²) in [6.07, 6.45) is 4.69. The Morgan fingerprint density at radius 3 is 2.44 bits per heavy atom. The van der Waals surface area contributed by atoms with E-state index in [9.17, 15) is 9.59 Å². The zero-order valence-corrected chi connectivity index (χ0v) is 15.1. The van der Waals surface area contributed by atoms with Crippen LogP contribution in [0, 0.1) is 5.92 Å². The molecule has 1 saturated carbocycles. The van der Waals surface area contributed by atoms with Gasteiger partial charge in [0, 0.05) is 38.1 Å². The van der Waals surface area contributed by atoms with Crippen molar-refractivity contribution in [2.45, 2.75) is 45.1 Å². The fraction of sp³-hybridized carbons (Fsp3) is 0.600. The quantitative estimate of drug-likeness (QED) is 0.894. The largest absolute Gasteiger partial charge is 0.341 e. The van der Waals surface area contributed by atoms with Crippen LogP contribution in [0.5, 0.6) is 0 Å². The van der Waals surface area contributed by atoms with Gasteiger partial charge in [0.1, 0.15) is 0 Å². The van der Waals surface area contributed by atoms with Crippen molar-refractivity contribution >= 4 is 11.9 Å². The molecule has 1 unspecified atom stereocenters. The summed E-state index contributed by atoms with van der Waals surface area (Å²) in [5.41, 5.74) is 1.24. The van der Waals surface area contributed by atoms with Crippen LogP contribution in [0.3, 0.4) is 0 Å². The molecule has 1 N–H and O–H groups in total. The first-order valence-corrected chi connectivity index (χ1v) is 9.55. The monoisotopic (exact) mass is 343 g/mol. The van der Waals surface area contributed by atoms with E-state index in [-0.39, 0.29) is 23.9 Å². The lowest BCUT2D eigenvalue weighted by atomic mass is 10.0. The van der Waals surface area contributed by atoms with Crippen LogP contribution in [0.4, 0.5) is 4.79 Å². The summed E-state index contributed by atoms with van der Waals surface area (Å²) < 4.78 is 0. The van der Waals surface area contributed by atoms with Gasteiger partial charge in [0.15, 0.2) is 0 Å². The van der Waals surface area contributed by atoms with E-state index in [0.717, 1.165) is 45.2 Å². The van der Waals surface area contributed by atoms with Gasteiger partial charge >= 0.3 is 6.03 Å². The molecule has 0 radical (unpaired) electrons. The molecule has 2 aliphatic rings. The normalized spacial score (nSPS) is 19.2. The van der Waals surface area contributed by atoms with Crippen molar-refractivity contribution in [3.05, 3.63) is 35.9 Å². The van der Waals surface area contributed by atoms with Crippen LogP contribution in [0.2, 0.25) is 0 Å². The number of hydrogen-bond acceptors (Lipinski definition) is 2. The molecule has 3 amide bonds. The van der Waals surface area contributed by atoms with Gasteiger partial charge in [0.05, 0.1) is 0 Å². The standard InChI is InChI=1S/C20H29N3O2/c1-2-18(15-16-7-4-3-5-8-16)21-20(25)23-12-6-11-22(13-14-23)19(24)17-9-10-17/h3-5,7-8,17-18H,2,6,9-15H2,1H3,(H,21,25). The Kier molecular flexibility index (Phi) is 5.95. The Balaban J connectivity index is 1.50. The van der Waals surface area contributed by atoms with Crippen LogP contribution >= 0.6 is 0 Å². The molecule has 0 aromatic heterocycles. The smallest absolute Gasteiger partial charge is 0.317 e. The highest BCUT2D eigenvalue weighted by Gasteiger charge is 2.34. The third-order valence-electron chi connectivity index (χ3n) is 5.17. The molecule has 0 bridgehead atoms. The van der Waals surface area contributed by atoms with Crippen molar-refractivity contribution < 1.29 is 9.59 Å². The van der Waals surface area contributed by atoms with Crippen LogP contribution in [0.25, 0.3) is 0 Å². The predicted molar refractivity (Wildman–Crippen MR) is 98.3 cm³/mol. The summed E-state index contributed by atoms with van der Waals surface area (Å²) in [4.78, 5) is 28.7. The first-order chi connectivity index (χ1) is 12.2. The number of benzene rings is 1. The number of nitrogens with zero attached hydrogens (tertiary/aromatic N) is 2. The van der Waals surface area contributed by atoms with Gasteiger partial charge in [-0.15, -0.1) is 0 Å². The third kappa shape index (κ3) is 4.97. The molecule has 25 heavy (non-hydrogen) atoms. The summed E-state index contributed by atoms with van der Waals surface area (Å²) in [6.45, 7) is 4.90. The Hall–Kier alpha value is -2.04. The summed E-state index contributed by atoms with van der Waals surface area (Å²) in [7, 11) is 0. The maximum Gasteiger partial charge on any atom is 0.317 e. The number of urea groups is 1. The van der Waals surface area contributed by atoms with Gasteiger partial charge in [0.2, 0.25) is 5.91 Å². The van der Waals surface area contributed by atoms with Gasteiger partial charge in [0.25, 0.3) is 0 Å². The highest BCUT2D eigenvalue weighted by atomic mass is 16.2. The highest BCUT2D eigenvalue weighted by Crippen LogP contribution is 2.31. The second-order valence-corrected chi connectivity index (χ2v) is 7.18. The van der Waals surface area contributed by atoms with Crippen molar-refractivity contribution in [2.75, 3.05) is 26.2 Å². The zero-order valence-electron chi connectivity index (χ0n) is 15.1. The molecule has 5 nitrogen and oxygen atoms in total. The van der Waals surface area contributed by atoms with Crippen LogP contribution in [-0.2, 0) is 11.2 Å². The van der Waals surface area contributed by atoms with E-state index in [1.807, 2.05) is 28.0 Å². The van der Waals surface area contributed by atoms with E-state index in [2.05, 4.69) is 24.4 Å². The minimum atomic E-state index is 0.00324. The average molecular weight is 343 g/mol. The van der Waals surface area contributed by atoms with E-state index in [1.165, 1.54) is 5.56 Å². The number of carbonyl (C=O) groups excluding carboxylic acids is 2. The first-order valence-electron chi connectivity index (χ1n) is 9.55. The molecule has 136 valence electrons.